The lowest BCUT2D eigenvalue weighted by atomic mass is 9.83. The molecule has 0 aliphatic heterocycles. The van der Waals surface area contributed by atoms with Crippen LogP contribution >= 0.6 is 23.2 Å². The summed E-state index contributed by atoms with van der Waals surface area (Å²) in [6.07, 6.45) is 7.86. The predicted octanol–water partition coefficient (Wildman–Crippen LogP) is 6.29. The van der Waals surface area contributed by atoms with Crippen LogP contribution in [0.5, 0.6) is 5.75 Å². The summed E-state index contributed by atoms with van der Waals surface area (Å²) in [5, 5.41) is 12.6. The molecule has 9 heteroatoms. The van der Waals surface area contributed by atoms with Crippen molar-refractivity contribution in [3.63, 3.8) is 0 Å². The number of pyridine rings is 1. The molecule has 4 aromatic rings. The van der Waals surface area contributed by atoms with Crippen LogP contribution in [0.3, 0.4) is 0 Å². The van der Waals surface area contributed by atoms with Crippen molar-refractivity contribution in [1.82, 2.24) is 24.5 Å². The fraction of sp³-hybridized carbons (Fsp3) is 0.407. The second-order valence-corrected chi connectivity index (χ2v) is 10.6. The van der Waals surface area contributed by atoms with Crippen molar-refractivity contribution in [1.29, 1.82) is 0 Å². The van der Waals surface area contributed by atoms with Gasteiger partial charge in [0.15, 0.2) is 5.65 Å². The Morgan fingerprint density at radius 2 is 1.83 bits per heavy atom. The van der Waals surface area contributed by atoms with Crippen molar-refractivity contribution in [3.05, 3.63) is 64.4 Å². The van der Waals surface area contributed by atoms with E-state index < -0.39 is 5.60 Å². The number of benzene rings is 1. The lowest BCUT2D eigenvalue weighted by molar-refractivity contribution is 0.0836. The second-order valence-electron chi connectivity index (χ2n) is 9.85. The van der Waals surface area contributed by atoms with Crippen LogP contribution in [-0.2, 0) is 12.1 Å². The number of methoxy groups -OCH3 is 1. The topological polar surface area (TPSA) is 85.9 Å². The van der Waals surface area contributed by atoms with E-state index in [1.807, 2.05) is 24.3 Å². The highest BCUT2D eigenvalue weighted by atomic mass is 35.5. The Balaban J connectivity index is 1.75. The molecule has 0 radical (unpaired) electrons. The SMILES string of the molecule is COc1ccccc1C(C)(O)c1nc2nc(Cl)nc(-c3cncc(Cl)c3)c2n1C[C@H]1CC[C@H](C)CC1. The number of ether oxygens (including phenoxy) is 1. The fourth-order valence-corrected chi connectivity index (χ4v) is 5.58. The van der Waals surface area contributed by atoms with E-state index in [0.717, 1.165) is 18.8 Å². The first-order valence-electron chi connectivity index (χ1n) is 12.2. The number of fused-ring (bicyclic) bond motifs is 1. The van der Waals surface area contributed by atoms with E-state index in [-0.39, 0.29) is 5.28 Å². The highest BCUT2D eigenvalue weighted by molar-refractivity contribution is 6.30. The predicted molar refractivity (Wildman–Crippen MR) is 141 cm³/mol. The van der Waals surface area contributed by atoms with Gasteiger partial charge in [0.05, 0.1) is 12.1 Å². The van der Waals surface area contributed by atoms with Gasteiger partial charge in [-0.15, -0.1) is 0 Å². The molecule has 1 N–H and O–H groups in total. The summed E-state index contributed by atoms with van der Waals surface area (Å²) in [4.78, 5) is 18.1. The molecule has 5 rings (SSSR count). The maximum Gasteiger partial charge on any atom is 0.225 e. The molecule has 1 fully saturated rings. The van der Waals surface area contributed by atoms with Gasteiger partial charge in [-0.2, -0.15) is 4.98 Å². The van der Waals surface area contributed by atoms with E-state index in [1.165, 1.54) is 12.8 Å². The zero-order valence-corrected chi connectivity index (χ0v) is 22.1. The van der Waals surface area contributed by atoms with E-state index in [0.29, 0.717) is 57.0 Å². The Hall–Kier alpha value is -2.74. The van der Waals surface area contributed by atoms with Gasteiger partial charge in [-0.1, -0.05) is 49.6 Å². The van der Waals surface area contributed by atoms with E-state index in [9.17, 15) is 5.11 Å². The molecule has 7 nitrogen and oxygen atoms in total. The smallest absolute Gasteiger partial charge is 0.225 e. The average Bonchev–Trinajstić information content (AvgIpc) is 3.23. The first-order chi connectivity index (χ1) is 17.3. The molecule has 1 unspecified atom stereocenters. The molecule has 0 amide bonds. The van der Waals surface area contributed by atoms with E-state index in [1.54, 1.807) is 32.5 Å². The van der Waals surface area contributed by atoms with Gasteiger partial charge < -0.3 is 14.4 Å². The molecule has 3 aromatic heterocycles. The maximum atomic E-state index is 12.0. The van der Waals surface area contributed by atoms with Gasteiger partial charge >= 0.3 is 0 Å². The minimum Gasteiger partial charge on any atom is -0.496 e. The Labute approximate surface area is 220 Å². The first-order valence-corrected chi connectivity index (χ1v) is 12.9. The first kappa shape index (κ1) is 24.9. The molecule has 1 saturated carbocycles. The fourth-order valence-electron chi connectivity index (χ4n) is 5.24. The van der Waals surface area contributed by atoms with Crippen molar-refractivity contribution < 1.29 is 9.84 Å². The van der Waals surface area contributed by atoms with Crippen LogP contribution in [0, 0.1) is 11.8 Å². The van der Waals surface area contributed by atoms with Crippen molar-refractivity contribution in [2.24, 2.45) is 11.8 Å². The number of nitrogens with zero attached hydrogens (tertiary/aromatic N) is 5. The number of aromatic nitrogens is 5. The number of aliphatic hydroxyl groups is 1. The Morgan fingerprint density at radius 3 is 2.56 bits per heavy atom. The number of hydrogen-bond acceptors (Lipinski definition) is 6. The molecule has 188 valence electrons. The van der Waals surface area contributed by atoms with Gasteiger partial charge in [-0.3, -0.25) is 4.98 Å². The van der Waals surface area contributed by atoms with Crippen molar-refractivity contribution in [2.45, 2.75) is 51.7 Å². The Kier molecular flexibility index (Phi) is 6.90. The number of halogens is 2. The standard InChI is InChI=1S/C27H29Cl2N5O2/c1-16-8-10-17(11-9-16)15-34-23-22(18-12-19(28)14-30-13-18)31-26(29)33-24(23)32-25(34)27(2,35)20-6-4-5-7-21(20)36-3/h4-7,12-14,16-17,35H,8-11,15H2,1-3H3/t16-,17-,27?. The van der Waals surface area contributed by atoms with Crippen molar-refractivity contribution >= 4 is 34.4 Å². The largest absolute Gasteiger partial charge is 0.496 e. The summed E-state index contributed by atoms with van der Waals surface area (Å²) in [5.41, 5.74) is 1.56. The van der Waals surface area contributed by atoms with Gasteiger partial charge in [0.2, 0.25) is 5.28 Å². The highest BCUT2D eigenvalue weighted by Crippen LogP contribution is 2.40. The monoisotopic (exact) mass is 525 g/mol. The molecule has 0 spiro atoms. The van der Waals surface area contributed by atoms with Crippen molar-refractivity contribution in [2.75, 3.05) is 7.11 Å². The lowest BCUT2D eigenvalue weighted by Gasteiger charge is -2.30. The van der Waals surface area contributed by atoms with Gasteiger partial charge in [0.1, 0.15) is 28.4 Å². The normalized spacial score (nSPS) is 19.8. The summed E-state index contributed by atoms with van der Waals surface area (Å²) in [5.74, 6) is 2.21. The molecule has 0 saturated heterocycles. The molecule has 1 aliphatic rings. The number of hydrogen-bond donors (Lipinski definition) is 1. The molecule has 1 aromatic carbocycles. The maximum absolute atomic E-state index is 12.0. The second kappa shape index (κ2) is 9.96. The average molecular weight is 526 g/mol. The Morgan fingerprint density at radius 1 is 1.08 bits per heavy atom. The van der Waals surface area contributed by atoms with E-state index in [2.05, 4.69) is 26.4 Å². The van der Waals surface area contributed by atoms with E-state index in [4.69, 9.17) is 32.9 Å². The third-order valence-electron chi connectivity index (χ3n) is 7.20. The molecular weight excluding hydrogens is 497 g/mol. The molecular formula is C27H29Cl2N5O2. The summed E-state index contributed by atoms with van der Waals surface area (Å²) >= 11 is 12.6. The lowest BCUT2D eigenvalue weighted by Crippen LogP contribution is -2.30. The van der Waals surface area contributed by atoms with Crippen LogP contribution < -0.4 is 4.74 Å². The molecule has 0 bridgehead atoms. The number of rotatable bonds is 6. The van der Waals surface area contributed by atoms with Crippen LogP contribution in [0.4, 0.5) is 0 Å². The van der Waals surface area contributed by atoms with Gasteiger partial charge in [-0.25, -0.2) is 9.97 Å². The van der Waals surface area contributed by atoms with Crippen LogP contribution in [-0.4, -0.2) is 36.7 Å². The van der Waals surface area contributed by atoms with Crippen LogP contribution in [0.1, 0.15) is 50.9 Å². The molecule has 3 heterocycles. The number of imidazole rings is 1. The Bertz CT molecular complexity index is 1400. The molecule has 36 heavy (non-hydrogen) atoms. The quantitative estimate of drug-likeness (QED) is 0.298. The van der Waals surface area contributed by atoms with Crippen LogP contribution in [0.15, 0.2) is 42.7 Å². The summed E-state index contributed by atoms with van der Waals surface area (Å²) < 4.78 is 7.65. The van der Waals surface area contributed by atoms with Gasteiger partial charge in [-0.05, 0) is 55.3 Å². The zero-order valence-electron chi connectivity index (χ0n) is 20.6. The van der Waals surface area contributed by atoms with E-state index >= 15 is 0 Å². The summed E-state index contributed by atoms with van der Waals surface area (Å²) in [6, 6.07) is 9.23. The third-order valence-corrected chi connectivity index (χ3v) is 7.57. The molecule has 1 aliphatic carbocycles. The minimum absolute atomic E-state index is 0.0668. The summed E-state index contributed by atoms with van der Waals surface area (Å²) in [7, 11) is 1.59. The number of para-hydroxylation sites is 1. The summed E-state index contributed by atoms with van der Waals surface area (Å²) in [6.45, 7) is 4.72. The van der Waals surface area contributed by atoms with Gasteiger partial charge in [0.25, 0.3) is 0 Å². The third kappa shape index (κ3) is 4.67. The van der Waals surface area contributed by atoms with Crippen LogP contribution in [0.2, 0.25) is 10.3 Å². The zero-order chi connectivity index (χ0) is 25.4. The molecule has 1 atom stereocenters. The minimum atomic E-state index is -1.47. The van der Waals surface area contributed by atoms with Crippen LogP contribution in [0.25, 0.3) is 22.4 Å². The van der Waals surface area contributed by atoms with Gasteiger partial charge in [0, 0.05) is 30.1 Å². The van der Waals surface area contributed by atoms with Crippen molar-refractivity contribution in [3.8, 4) is 17.0 Å². The highest BCUT2D eigenvalue weighted by Gasteiger charge is 2.37.